The number of hydrogen-bond acceptors (Lipinski definition) is 9. The Labute approximate surface area is 181 Å². The zero-order valence-electron chi connectivity index (χ0n) is 17.0. The highest BCUT2D eigenvalue weighted by Crippen LogP contribution is 2.31. The van der Waals surface area contributed by atoms with Gasteiger partial charge in [0.15, 0.2) is 17.5 Å². The van der Waals surface area contributed by atoms with Gasteiger partial charge in [0.05, 0.1) is 25.3 Å². The summed E-state index contributed by atoms with van der Waals surface area (Å²) in [6.45, 7) is 0.488. The molecule has 2 aliphatic heterocycles. The van der Waals surface area contributed by atoms with Crippen LogP contribution in [-0.4, -0.2) is 79.3 Å². The van der Waals surface area contributed by atoms with Crippen molar-refractivity contribution in [2.75, 3.05) is 61.0 Å². The minimum atomic E-state index is -0.834. The Morgan fingerprint density at radius 1 is 1.28 bits per heavy atom. The predicted octanol–water partition coefficient (Wildman–Crippen LogP) is 0.536. The molecule has 3 heterocycles. The van der Waals surface area contributed by atoms with E-state index in [0.717, 1.165) is 17.0 Å². The molecule has 13 heteroatoms. The van der Waals surface area contributed by atoms with E-state index in [0.29, 0.717) is 5.82 Å². The molecule has 1 aromatic heterocycles. The normalized spacial score (nSPS) is 19.2. The maximum atomic E-state index is 14.9. The van der Waals surface area contributed by atoms with Crippen LogP contribution in [0.25, 0.3) is 0 Å². The summed E-state index contributed by atoms with van der Waals surface area (Å²) < 4.78 is 39.8. The van der Waals surface area contributed by atoms with Gasteiger partial charge < -0.3 is 24.6 Å². The first-order valence-corrected chi connectivity index (χ1v) is 9.97. The Morgan fingerprint density at radius 2 is 2.06 bits per heavy atom. The second-order valence-electron chi connectivity index (χ2n) is 7.24. The third kappa shape index (κ3) is 4.57. The van der Waals surface area contributed by atoms with Gasteiger partial charge in [-0.25, -0.2) is 19.0 Å². The van der Waals surface area contributed by atoms with E-state index in [-0.39, 0.29) is 50.6 Å². The summed E-state index contributed by atoms with van der Waals surface area (Å²) in [6.07, 6.45) is 0.141. The molecule has 1 aromatic carbocycles. The number of ether oxygens (including phenoxy) is 1. The van der Waals surface area contributed by atoms with Crippen molar-refractivity contribution in [2.45, 2.75) is 6.10 Å². The van der Waals surface area contributed by atoms with Gasteiger partial charge in [0.2, 0.25) is 0 Å². The second kappa shape index (κ2) is 9.36. The van der Waals surface area contributed by atoms with E-state index >= 15 is 0 Å². The van der Waals surface area contributed by atoms with E-state index in [1.165, 1.54) is 16.2 Å². The van der Waals surface area contributed by atoms with Crippen molar-refractivity contribution in [1.82, 2.24) is 15.6 Å². The van der Waals surface area contributed by atoms with E-state index in [1.54, 1.807) is 6.07 Å². The van der Waals surface area contributed by atoms with Gasteiger partial charge in [0, 0.05) is 37.8 Å². The van der Waals surface area contributed by atoms with Crippen molar-refractivity contribution < 1.29 is 32.7 Å². The summed E-state index contributed by atoms with van der Waals surface area (Å²) in [5, 5.41) is 16.8. The van der Waals surface area contributed by atoms with Crippen LogP contribution in [-0.2, 0) is 9.53 Å². The van der Waals surface area contributed by atoms with Crippen LogP contribution in [0.1, 0.15) is 0 Å². The van der Waals surface area contributed by atoms with Crippen LogP contribution in [0.2, 0.25) is 0 Å². The molecule has 2 amide bonds. The number of rotatable bonds is 6. The summed E-state index contributed by atoms with van der Waals surface area (Å²) >= 11 is 0. The quantitative estimate of drug-likeness (QED) is 0.576. The van der Waals surface area contributed by atoms with Crippen molar-refractivity contribution in [2.24, 2.45) is 0 Å². The number of benzene rings is 1. The van der Waals surface area contributed by atoms with Crippen molar-refractivity contribution >= 4 is 29.2 Å². The Hall–Kier alpha value is -3.45. The topological polar surface area (TPSA) is 123 Å². The minimum absolute atomic E-state index is 0.0442. The number of hydrogen-bond donors (Lipinski definition) is 3. The number of amides is 2. The molecule has 0 saturated carbocycles. The predicted molar refractivity (Wildman–Crippen MR) is 108 cm³/mol. The Balaban J connectivity index is 1.44. The molecule has 172 valence electrons. The molecule has 0 radical (unpaired) electrons. The number of anilines is 3. The molecular weight excluding hydrogens is 430 g/mol. The van der Waals surface area contributed by atoms with E-state index in [9.17, 15) is 18.4 Å². The maximum Gasteiger partial charge on any atom is 0.414 e. The third-order valence-electron chi connectivity index (χ3n) is 5.17. The fraction of sp³-hybridized carbons (Fsp3) is 0.421. The Bertz CT molecular complexity index is 952. The number of carbonyl (C=O) groups excluding carboxylic acids is 2. The number of hydrazine groups is 1. The highest BCUT2D eigenvalue weighted by atomic mass is 19.1. The molecule has 2 saturated heterocycles. The lowest BCUT2D eigenvalue weighted by Gasteiger charge is -2.25. The zero-order valence-corrected chi connectivity index (χ0v) is 17.0. The zero-order chi connectivity index (χ0) is 22.7. The average molecular weight is 452 g/mol. The molecular formula is C19H22F2N6O5. The maximum absolute atomic E-state index is 14.9. The monoisotopic (exact) mass is 452 g/mol. The van der Waals surface area contributed by atoms with E-state index in [4.69, 9.17) is 14.4 Å². The van der Waals surface area contributed by atoms with Gasteiger partial charge in [-0.3, -0.25) is 14.7 Å². The lowest BCUT2D eigenvalue weighted by atomic mass is 10.2. The van der Waals surface area contributed by atoms with E-state index < -0.39 is 36.3 Å². The van der Waals surface area contributed by atoms with Crippen LogP contribution >= 0.6 is 0 Å². The van der Waals surface area contributed by atoms with Gasteiger partial charge in [-0.15, -0.1) is 0 Å². The molecule has 4 rings (SSSR count). The molecule has 0 aliphatic carbocycles. The molecule has 11 nitrogen and oxygen atoms in total. The van der Waals surface area contributed by atoms with Crippen molar-refractivity contribution in [3.8, 4) is 0 Å². The standard InChI is InChI=1S/C19H22F2N6O5/c20-14-7-12(26-10-13(32-19(26)30)9-22-16-1-6-31-24-16)8-15(21)18(14)25-3-2-23-27(5-4-25)17(29)11-28/h1,6-8,13,23,28H,2-5,9-11H2,(H,22,24). The van der Waals surface area contributed by atoms with Gasteiger partial charge in [-0.05, 0) is 0 Å². The number of aliphatic hydroxyl groups excluding tert-OH is 1. The number of nitrogens with one attached hydrogen (secondary N) is 2. The Morgan fingerprint density at radius 3 is 2.75 bits per heavy atom. The largest absolute Gasteiger partial charge is 0.442 e. The van der Waals surface area contributed by atoms with E-state index in [1.807, 2.05) is 0 Å². The van der Waals surface area contributed by atoms with Crippen LogP contribution in [0.4, 0.5) is 30.8 Å². The lowest BCUT2D eigenvalue weighted by Crippen LogP contribution is -2.45. The Kier molecular flexibility index (Phi) is 6.37. The molecule has 1 unspecified atom stereocenters. The van der Waals surface area contributed by atoms with Gasteiger partial charge in [0.25, 0.3) is 5.91 Å². The minimum Gasteiger partial charge on any atom is -0.442 e. The first-order chi connectivity index (χ1) is 15.5. The van der Waals surface area contributed by atoms with Crippen molar-refractivity contribution in [3.63, 3.8) is 0 Å². The smallest absolute Gasteiger partial charge is 0.414 e. The molecule has 32 heavy (non-hydrogen) atoms. The lowest BCUT2D eigenvalue weighted by molar-refractivity contribution is -0.136. The summed E-state index contributed by atoms with van der Waals surface area (Å²) in [6, 6.07) is 3.78. The number of nitrogens with zero attached hydrogens (tertiary/aromatic N) is 4. The molecule has 0 bridgehead atoms. The molecule has 2 fully saturated rings. The molecule has 3 N–H and O–H groups in total. The molecule has 2 aliphatic rings. The number of aromatic nitrogens is 1. The van der Waals surface area contributed by atoms with Crippen LogP contribution in [0.3, 0.4) is 0 Å². The first-order valence-electron chi connectivity index (χ1n) is 9.97. The third-order valence-corrected chi connectivity index (χ3v) is 5.17. The van der Waals surface area contributed by atoms with Gasteiger partial charge in [-0.2, -0.15) is 0 Å². The number of carbonyl (C=O) groups is 2. The molecule has 2 aromatic rings. The highest BCUT2D eigenvalue weighted by Gasteiger charge is 2.34. The summed E-state index contributed by atoms with van der Waals surface area (Å²) in [5.41, 5.74) is 2.61. The van der Waals surface area contributed by atoms with Crippen molar-refractivity contribution in [3.05, 3.63) is 36.1 Å². The fourth-order valence-corrected chi connectivity index (χ4v) is 3.62. The summed E-state index contributed by atoms with van der Waals surface area (Å²) in [4.78, 5) is 26.5. The number of aliphatic hydroxyl groups is 1. The summed E-state index contributed by atoms with van der Waals surface area (Å²) in [5.74, 6) is -1.71. The van der Waals surface area contributed by atoms with E-state index in [2.05, 4.69) is 15.9 Å². The van der Waals surface area contributed by atoms with Gasteiger partial charge >= 0.3 is 6.09 Å². The van der Waals surface area contributed by atoms with Crippen LogP contribution in [0, 0.1) is 11.6 Å². The van der Waals surface area contributed by atoms with Gasteiger partial charge in [0.1, 0.15) is 24.7 Å². The van der Waals surface area contributed by atoms with Crippen LogP contribution < -0.4 is 20.5 Å². The van der Waals surface area contributed by atoms with Gasteiger partial charge in [-0.1, -0.05) is 5.16 Å². The van der Waals surface area contributed by atoms with Crippen LogP contribution in [0.5, 0.6) is 0 Å². The summed E-state index contributed by atoms with van der Waals surface area (Å²) in [7, 11) is 0. The van der Waals surface area contributed by atoms with Crippen molar-refractivity contribution in [1.29, 1.82) is 0 Å². The fourth-order valence-electron chi connectivity index (χ4n) is 3.62. The molecule has 0 spiro atoms. The highest BCUT2D eigenvalue weighted by molar-refractivity contribution is 5.90. The number of halogens is 2. The molecule has 1 atom stereocenters. The SMILES string of the molecule is O=C(CO)N1CCN(c2c(F)cc(N3CC(CNc4ccon4)OC3=O)cc2F)CCN1. The number of cyclic esters (lactones) is 1. The van der Waals surface area contributed by atoms with Crippen LogP contribution in [0.15, 0.2) is 29.0 Å². The second-order valence-corrected chi connectivity index (χ2v) is 7.24. The first kappa shape index (κ1) is 21.8. The average Bonchev–Trinajstić information content (AvgIpc) is 3.35.